The molecule has 1 aromatic carbocycles. The van der Waals surface area contributed by atoms with Crippen LogP contribution in [0.2, 0.25) is 0 Å². The highest BCUT2D eigenvalue weighted by atomic mass is 19.1. The predicted octanol–water partition coefficient (Wildman–Crippen LogP) is 1.97. The Hall–Kier alpha value is -1.82. The van der Waals surface area contributed by atoms with E-state index in [0.717, 1.165) is 12.1 Å². The van der Waals surface area contributed by atoms with Gasteiger partial charge < -0.3 is 20.5 Å². The second-order valence-corrected chi connectivity index (χ2v) is 4.48. The molecule has 0 aliphatic carbocycles. The van der Waals surface area contributed by atoms with E-state index in [1.54, 1.807) is 7.11 Å². The van der Waals surface area contributed by atoms with Crippen molar-refractivity contribution in [3.05, 3.63) is 23.5 Å². The monoisotopic (exact) mass is 270 g/mol. The largest absolute Gasteiger partial charge is 0.478 e. The van der Waals surface area contributed by atoms with Gasteiger partial charge in [-0.3, -0.25) is 0 Å². The number of hydrogen-bond donors (Lipinski definition) is 2. The zero-order valence-electron chi connectivity index (χ0n) is 11.3. The lowest BCUT2D eigenvalue weighted by molar-refractivity contribution is 0.0692. The zero-order chi connectivity index (χ0) is 14.6. The Morgan fingerprint density at radius 2 is 2.16 bits per heavy atom. The highest BCUT2D eigenvalue weighted by Gasteiger charge is 2.19. The first-order valence-electron chi connectivity index (χ1n) is 5.96. The lowest BCUT2D eigenvalue weighted by Crippen LogP contribution is -2.34. The van der Waals surface area contributed by atoms with E-state index in [1.807, 2.05) is 18.7 Å². The van der Waals surface area contributed by atoms with E-state index < -0.39 is 17.3 Å². The van der Waals surface area contributed by atoms with E-state index >= 15 is 0 Å². The molecule has 0 aliphatic heterocycles. The number of hydrogen-bond acceptors (Lipinski definition) is 4. The van der Waals surface area contributed by atoms with Gasteiger partial charge in [-0.15, -0.1) is 0 Å². The van der Waals surface area contributed by atoms with Crippen molar-refractivity contribution in [1.29, 1.82) is 0 Å². The van der Waals surface area contributed by atoms with Crippen molar-refractivity contribution in [1.82, 2.24) is 0 Å². The Morgan fingerprint density at radius 3 is 2.63 bits per heavy atom. The van der Waals surface area contributed by atoms with Gasteiger partial charge in [-0.25, -0.2) is 9.18 Å². The highest BCUT2D eigenvalue weighted by molar-refractivity contribution is 5.91. The number of methoxy groups -OCH3 is 1. The maximum absolute atomic E-state index is 13.7. The first-order chi connectivity index (χ1) is 8.88. The van der Waals surface area contributed by atoms with Gasteiger partial charge in [0.1, 0.15) is 5.82 Å². The Balaban J connectivity index is 3.17. The number of halogens is 1. The number of ether oxygens (including phenoxy) is 1. The molecule has 5 nitrogen and oxygen atoms in total. The van der Waals surface area contributed by atoms with Crippen molar-refractivity contribution in [2.45, 2.75) is 19.9 Å². The summed E-state index contributed by atoms with van der Waals surface area (Å²) in [5.74, 6) is -2.12. The fraction of sp³-hybridized carbons (Fsp3) is 0.462. The average molecular weight is 270 g/mol. The molecule has 0 aromatic heterocycles. The smallest absolute Gasteiger partial charge is 0.338 e. The molecule has 1 rings (SSSR count). The maximum atomic E-state index is 13.7. The van der Waals surface area contributed by atoms with Crippen LogP contribution in [0.25, 0.3) is 0 Å². The first-order valence-corrected chi connectivity index (χ1v) is 5.96. The summed E-state index contributed by atoms with van der Waals surface area (Å²) < 4.78 is 18.7. The van der Waals surface area contributed by atoms with Gasteiger partial charge in [-0.1, -0.05) is 0 Å². The minimum absolute atomic E-state index is 0.0903. The second-order valence-electron chi connectivity index (χ2n) is 4.48. The van der Waals surface area contributed by atoms with E-state index in [9.17, 15) is 9.18 Å². The summed E-state index contributed by atoms with van der Waals surface area (Å²) in [4.78, 5) is 12.7. The number of carboxylic acids is 1. The van der Waals surface area contributed by atoms with Gasteiger partial charge in [-0.05, 0) is 19.9 Å². The molecule has 0 heterocycles. The molecule has 3 N–H and O–H groups in total. The molecule has 0 fully saturated rings. The van der Waals surface area contributed by atoms with Crippen molar-refractivity contribution in [2.75, 3.05) is 30.9 Å². The summed E-state index contributed by atoms with van der Waals surface area (Å²) in [6.45, 7) is 4.90. The fourth-order valence-corrected chi connectivity index (χ4v) is 1.84. The summed E-state index contributed by atoms with van der Waals surface area (Å²) in [6, 6.07) is 2.40. The number of carbonyl (C=O) groups is 1. The molecular formula is C13H19FN2O3. The number of carboxylic acid groups (broad SMARTS) is 1. The number of benzene rings is 1. The third-order valence-corrected chi connectivity index (χ3v) is 2.82. The Labute approximate surface area is 111 Å². The molecule has 0 atom stereocenters. The number of nitrogen functional groups attached to an aromatic ring is 1. The van der Waals surface area contributed by atoms with Crippen LogP contribution in [-0.4, -0.2) is 37.4 Å². The highest BCUT2D eigenvalue weighted by Crippen LogP contribution is 2.28. The van der Waals surface area contributed by atoms with Crippen molar-refractivity contribution < 1.29 is 19.0 Å². The van der Waals surface area contributed by atoms with Crippen LogP contribution < -0.4 is 10.6 Å². The normalized spacial score (nSPS) is 10.8. The molecular weight excluding hydrogens is 251 g/mol. The second kappa shape index (κ2) is 6.38. The number of aromatic carboxylic acids is 1. The molecule has 0 aliphatic rings. The number of anilines is 2. The summed E-state index contributed by atoms with van der Waals surface area (Å²) in [6.07, 6.45) is 0. The van der Waals surface area contributed by atoms with Gasteiger partial charge in [0.05, 0.1) is 23.5 Å². The molecule has 0 saturated carbocycles. The van der Waals surface area contributed by atoms with Crippen LogP contribution >= 0.6 is 0 Å². The quantitative estimate of drug-likeness (QED) is 0.773. The van der Waals surface area contributed by atoms with Crippen LogP contribution in [-0.2, 0) is 4.74 Å². The molecule has 0 saturated heterocycles. The van der Waals surface area contributed by atoms with Gasteiger partial charge in [-0.2, -0.15) is 0 Å². The summed E-state index contributed by atoms with van der Waals surface area (Å²) in [7, 11) is 1.58. The minimum Gasteiger partial charge on any atom is -0.478 e. The third-order valence-electron chi connectivity index (χ3n) is 2.82. The molecule has 0 spiro atoms. The summed E-state index contributed by atoms with van der Waals surface area (Å²) in [5, 5.41) is 8.84. The minimum atomic E-state index is -1.33. The molecule has 1 aromatic rings. The van der Waals surface area contributed by atoms with E-state index in [0.29, 0.717) is 18.8 Å². The molecule has 19 heavy (non-hydrogen) atoms. The molecule has 0 unspecified atom stereocenters. The SMILES string of the molecule is COCCN(c1cc(F)c(C(=O)O)cc1N)C(C)C. The first kappa shape index (κ1) is 15.2. The fourth-order valence-electron chi connectivity index (χ4n) is 1.84. The lowest BCUT2D eigenvalue weighted by atomic mass is 10.1. The van der Waals surface area contributed by atoms with E-state index in [2.05, 4.69) is 0 Å². The molecule has 106 valence electrons. The average Bonchev–Trinajstić information content (AvgIpc) is 2.32. The van der Waals surface area contributed by atoms with E-state index in [1.165, 1.54) is 0 Å². The van der Waals surface area contributed by atoms with Crippen LogP contribution in [0.4, 0.5) is 15.8 Å². The third kappa shape index (κ3) is 3.57. The van der Waals surface area contributed by atoms with Crippen molar-refractivity contribution in [2.24, 2.45) is 0 Å². The topological polar surface area (TPSA) is 75.8 Å². The standard InChI is InChI=1S/C13H19FN2O3/c1-8(2)16(4-5-19-3)12-7-10(14)9(13(17)18)6-11(12)15/h6-8H,4-5,15H2,1-3H3,(H,17,18). The van der Waals surface area contributed by atoms with Crippen LogP contribution in [0.1, 0.15) is 24.2 Å². The van der Waals surface area contributed by atoms with E-state index in [4.69, 9.17) is 15.6 Å². The van der Waals surface area contributed by atoms with Gasteiger partial charge >= 0.3 is 5.97 Å². The van der Waals surface area contributed by atoms with Crippen LogP contribution in [0.15, 0.2) is 12.1 Å². The van der Waals surface area contributed by atoms with Gasteiger partial charge in [0.2, 0.25) is 0 Å². The van der Waals surface area contributed by atoms with Gasteiger partial charge in [0.25, 0.3) is 0 Å². The van der Waals surface area contributed by atoms with Crippen LogP contribution in [0.3, 0.4) is 0 Å². The molecule has 0 bridgehead atoms. The maximum Gasteiger partial charge on any atom is 0.338 e. The van der Waals surface area contributed by atoms with Crippen molar-refractivity contribution in [3.63, 3.8) is 0 Å². The number of nitrogens with two attached hydrogens (primary N) is 1. The Kier molecular flexibility index (Phi) is 5.11. The van der Waals surface area contributed by atoms with Gasteiger partial charge in [0, 0.05) is 25.8 Å². The van der Waals surface area contributed by atoms with Crippen molar-refractivity contribution >= 4 is 17.3 Å². The summed E-state index contributed by atoms with van der Waals surface area (Å²) >= 11 is 0. The van der Waals surface area contributed by atoms with Crippen LogP contribution in [0.5, 0.6) is 0 Å². The number of rotatable bonds is 6. The Morgan fingerprint density at radius 1 is 1.53 bits per heavy atom. The van der Waals surface area contributed by atoms with E-state index in [-0.39, 0.29) is 11.7 Å². The Bertz CT molecular complexity index is 463. The summed E-state index contributed by atoms with van der Waals surface area (Å²) in [5.41, 5.74) is 6.13. The zero-order valence-corrected chi connectivity index (χ0v) is 11.3. The molecule has 0 radical (unpaired) electrons. The number of nitrogens with zero attached hydrogens (tertiary/aromatic N) is 1. The lowest BCUT2D eigenvalue weighted by Gasteiger charge is -2.30. The predicted molar refractivity (Wildman–Crippen MR) is 72.1 cm³/mol. The molecule has 0 amide bonds. The van der Waals surface area contributed by atoms with Crippen LogP contribution in [0, 0.1) is 5.82 Å². The van der Waals surface area contributed by atoms with Crippen molar-refractivity contribution in [3.8, 4) is 0 Å². The van der Waals surface area contributed by atoms with Gasteiger partial charge in [0.15, 0.2) is 0 Å². The molecule has 6 heteroatoms.